The van der Waals surface area contributed by atoms with Crippen molar-refractivity contribution < 1.29 is 0 Å². The molecule has 1 fully saturated rings. The fourth-order valence-corrected chi connectivity index (χ4v) is 3.06. The van der Waals surface area contributed by atoms with Crippen LogP contribution < -0.4 is 5.32 Å². The lowest BCUT2D eigenvalue weighted by molar-refractivity contribution is 0.305. The van der Waals surface area contributed by atoms with E-state index in [1.165, 1.54) is 36.5 Å². The maximum absolute atomic E-state index is 4.86. The molecule has 0 unspecified atom stereocenters. The van der Waals surface area contributed by atoms with E-state index in [-0.39, 0.29) is 0 Å². The van der Waals surface area contributed by atoms with Crippen LogP contribution >= 0.6 is 0 Å². The second-order valence-electron chi connectivity index (χ2n) is 5.96. The minimum absolute atomic E-state index is 0.857. The second kappa shape index (κ2) is 5.63. The molecule has 4 heteroatoms. The zero-order chi connectivity index (χ0) is 13.2. The van der Waals surface area contributed by atoms with Crippen LogP contribution in [0.1, 0.15) is 43.4 Å². The van der Waals surface area contributed by atoms with Crippen LogP contribution in [0.25, 0.3) is 0 Å². The molecular weight excluding hydrogens is 236 g/mol. The first-order chi connectivity index (χ1) is 9.29. The Kier molecular flexibility index (Phi) is 3.89. The molecule has 1 aliphatic heterocycles. The number of nitrogens with one attached hydrogen (secondary N) is 1. The monoisotopic (exact) mass is 262 g/mol. The Labute approximate surface area is 116 Å². The number of nitrogens with zero attached hydrogens (tertiary/aromatic N) is 3. The maximum Gasteiger partial charge on any atom is 0.109 e. The lowest BCUT2D eigenvalue weighted by Gasteiger charge is -2.20. The van der Waals surface area contributed by atoms with Crippen LogP contribution in [0.4, 0.5) is 0 Å². The van der Waals surface area contributed by atoms with Crippen molar-refractivity contribution in [2.24, 2.45) is 0 Å². The summed E-state index contributed by atoms with van der Waals surface area (Å²) in [4.78, 5) is 7.38. The van der Waals surface area contributed by atoms with Gasteiger partial charge in [0.15, 0.2) is 0 Å². The molecule has 2 heterocycles. The van der Waals surface area contributed by atoms with E-state index < -0.39 is 0 Å². The Morgan fingerprint density at radius 3 is 3.00 bits per heavy atom. The van der Waals surface area contributed by atoms with Gasteiger partial charge in [-0.05, 0) is 26.3 Å². The van der Waals surface area contributed by atoms with E-state index in [4.69, 9.17) is 4.98 Å². The summed E-state index contributed by atoms with van der Waals surface area (Å²) >= 11 is 0. The van der Waals surface area contributed by atoms with E-state index in [0.717, 1.165) is 45.1 Å². The largest absolute Gasteiger partial charge is 0.330 e. The first-order valence-corrected chi connectivity index (χ1v) is 7.77. The van der Waals surface area contributed by atoms with Crippen molar-refractivity contribution >= 4 is 0 Å². The molecule has 1 aromatic rings. The predicted molar refractivity (Wildman–Crippen MR) is 77.3 cm³/mol. The van der Waals surface area contributed by atoms with E-state index >= 15 is 0 Å². The van der Waals surface area contributed by atoms with E-state index in [2.05, 4.69) is 28.8 Å². The molecule has 1 aromatic heterocycles. The number of hydrogen-bond acceptors (Lipinski definition) is 3. The highest BCUT2D eigenvalue weighted by atomic mass is 15.2. The smallest absolute Gasteiger partial charge is 0.109 e. The van der Waals surface area contributed by atoms with Gasteiger partial charge < -0.3 is 14.8 Å². The van der Waals surface area contributed by atoms with Crippen molar-refractivity contribution in [1.29, 1.82) is 0 Å². The van der Waals surface area contributed by atoms with Crippen molar-refractivity contribution in [2.75, 3.05) is 20.1 Å². The first kappa shape index (κ1) is 13.1. The lowest BCUT2D eigenvalue weighted by atomic mass is 10.2. The molecular formula is C15H26N4. The van der Waals surface area contributed by atoms with Crippen LogP contribution in [0.5, 0.6) is 0 Å². The van der Waals surface area contributed by atoms with Gasteiger partial charge in [-0.2, -0.15) is 0 Å². The van der Waals surface area contributed by atoms with Crippen LogP contribution in [0.15, 0.2) is 0 Å². The van der Waals surface area contributed by atoms with Crippen molar-refractivity contribution in [3.63, 3.8) is 0 Å². The van der Waals surface area contributed by atoms with Gasteiger partial charge in [-0.1, -0.05) is 6.92 Å². The predicted octanol–water partition coefficient (Wildman–Crippen LogP) is 1.58. The molecule has 0 amide bonds. The molecule has 1 aliphatic carbocycles. The molecule has 106 valence electrons. The molecule has 2 aliphatic rings. The number of aryl methyl sites for hydroxylation is 1. The highest BCUT2D eigenvalue weighted by Gasteiger charge is 2.26. The van der Waals surface area contributed by atoms with E-state index in [0.29, 0.717) is 0 Å². The minimum atomic E-state index is 0.857. The van der Waals surface area contributed by atoms with Gasteiger partial charge >= 0.3 is 0 Å². The van der Waals surface area contributed by atoms with Crippen molar-refractivity contribution in [3.8, 4) is 0 Å². The number of fused-ring (bicyclic) bond motifs is 1. The third-order valence-corrected chi connectivity index (χ3v) is 4.39. The average Bonchev–Trinajstić information content (AvgIpc) is 3.20. The normalized spacial score (nSPS) is 18.9. The minimum Gasteiger partial charge on any atom is -0.330 e. The zero-order valence-electron chi connectivity index (χ0n) is 12.3. The molecule has 0 aromatic carbocycles. The molecule has 1 saturated carbocycles. The molecule has 3 rings (SSSR count). The van der Waals surface area contributed by atoms with Gasteiger partial charge in [-0.25, -0.2) is 4.98 Å². The Bertz CT molecular complexity index is 434. The van der Waals surface area contributed by atoms with Crippen LogP contribution in [-0.4, -0.2) is 40.6 Å². The van der Waals surface area contributed by atoms with Gasteiger partial charge in [0.2, 0.25) is 0 Å². The molecule has 0 bridgehead atoms. The van der Waals surface area contributed by atoms with Crippen molar-refractivity contribution in [2.45, 2.75) is 58.2 Å². The molecule has 0 saturated heterocycles. The highest BCUT2D eigenvalue weighted by Crippen LogP contribution is 2.25. The summed E-state index contributed by atoms with van der Waals surface area (Å²) in [7, 11) is 2.27. The molecule has 0 radical (unpaired) electrons. The van der Waals surface area contributed by atoms with Crippen LogP contribution in [0.3, 0.4) is 0 Å². The van der Waals surface area contributed by atoms with Crippen LogP contribution in [0, 0.1) is 0 Å². The Hall–Kier alpha value is -0.870. The molecule has 0 spiro atoms. The van der Waals surface area contributed by atoms with Crippen molar-refractivity contribution in [3.05, 3.63) is 17.2 Å². The first-order valence-electron chi connectivity index (χ1n) is 7.77. The van der Waals surface area contributed by atoms with Gasteiger partial charge in [0, 0.05) is 50.8 Å². The highest BCUT2D eigenvalue weighted by molar-refractivity contribution is 5.20. The third-order valence-electron chi connectivity index (χ3n) is 4.39. The number of imidazole rings is 1. The van der Waals surface area contributed by atoms with Gasteiger partial charge in [0.1, 0.15) is 5.82 Å². The third kappa shape index (κ3) is 2.84. The Morgan fingerprint density at radius 1 is 1.42 bits per heavy atom. The molecule has 1 N–H and O–H groups in total. The number of likely N-dealkylation sites (N-methyl/N-ethyl adjacent to an activating group) is 1. The number of hydrogen-bond donors (Lipinski definition) is 1. The quantitative estimate of drug-likeness (QED) is 0.845. The Morgan fingerprint density at radius 2 is 2.26 bits per heavy atom. The fourth-order valence-electron chi connectivity index (χ4n) is 3.06. The summed E-state index contributed by atoms with van der Waals surface area (Å²) in [6.07, 6.45) is 6.22. The SMILES string of the molecule is CCCc1nc2c(n1CCN(C)C1CC1)CCNC2. The standard InChI is InChI=1S/C15H26N4/c1-3-4-15-17-13-11-16-8-7-14(13)19(15)10-9-18(2)12-5-6-12/h12,16H,3-11H2,1-2H3. The van der Waals surface area contributed by atoms with Crippen LogP contribution in [-0.2, 0) is 25.9 Å². The summed E-state index contributed by atoms with van der Waals surface area (Å²) < 4.78 is 2.51. The maximum atomic E-state index is 4.86. The zero-order valence-corrected chi connectivity index (χ0v) is 12.3. The lowest BCUT2D eigenvalue weighted by Crippen LogP contribution is -2.28. The van der Waals surface area contributed by atoms with Gasteiger partial charge in [0.05, 0.1) is 5.69 Å². The summed E-state index contributed by atoms with van der Waals surface area (Å²) in [5.74, 6) is 1.31. The van der Waals surface area contributed by atoms with E-state index in [9.17, 15) is 0 Å². The summed E-state index contributed by atoms with van der Waals surface area (Å²) in [5.41, 5.74) is 2.79. The van der Waals surface area contributed by atoms with Crippen LogP contribution in [0.2, 0.25) is 0 Å². The molecule has 19 heavy (non-hydrogen) atoms. The fraction of sp³-hybridized carbons (Fsp3) is 0.800. The number of rotatable bonds is 6. The van der Waals surface area contributed by atoms with Crippen molar-refractivity contribution in [1.82, 2.24) is 19.8 Å². The van der Waals surface area contributed by atoms with Gasteiger partial charge in [-0.3, -0.25) is 0 Å². The summed E-state index contributed by atoms with van der Waals surface area (Å²) in [5, 5.41) is 3.43. The van der Waals surface area contributed by atoms with E-state index in [1.807, 2.05) is 0 Å². The number of aromatic nitrogens is 2. The molecule has 0 atom stereocenters. The Balaban J connectivity index is 1.74. The van der Waals surface area contributed by atoms with E-state index in [1.54, 1.807) is 0 Å². The van der Waals surface area contributed by atoms with Gasteiger partial charge in [0.25, 0.3) is 0 Å². The summed E-state index contributed by atoms with van der Waals surface area (Å²) in [6, 6.07) is 0.857. The van der Waals surface area contributed by atoms with Gasteiger partial charge in [-0.15, -0.1) is 0 Å². The average molecular weight is 262 g/mol. The summed E-state index contributed by atoms with van der Waals surface area (Å²) in [6.45, 7) is 6.58. The molecule has 4 nitrogen and oxygen atoms in total. The topological polar surface area (TPSA) is 33.1 Å². The second-order valence-corrected chi connectivity index (χ2v) is 5.96.